The lowest BCUT2D eigenvalue weighted by Gasteiger charge is -2.36. The molecule has 70 valence electrons. The van der Waals surface area contributed by atoms with Crippen LogP contribution in [0, 0.1) is 16.0 Å². The zero-order valence-corrected chi connectivity index (χ0v) is 6.24. The van der Waals surface area contributed by atoms with E-state index in [9.17, 15) is 18.9 Å². The van der Waals surface area contributed by atoms with Crippen molar-refractivity contribution in [2.75, 3.05) is 6.54 Å². The van der Waals surface area contributed by atoms with E-state index >= 15 is 0 Å². The summed E-state index contributed by atoms with van der Waals surface area (Å²) in [4.78, 5) is 9.18. The molecular weight excluding hydrogens is 172 g/mol. The number of hydrogen-bond donors (Lipinski definition) is 1. The molecule has 6 heteroatoms. The number of alkyl halides is 2. The van der Waals surface area contributed by atoms with Crippen molar-refractivity contribution in [3.05, 3.63) is 10.1 Å². The van der Waals surface area contributed by atoms with E-state index in [4.69, 9.17) is 5.11 Å². The average Bonchev–Trinajstić information content (AvgIpc) is 1.80. The van der Waals surface area contributed by atoms with Gasteiger partial charge in [0.15, 0.2) is 0 Å². The monoisotopic (exact) mass is 181 g/mol. The first-order chi connectivity index (χ1) is 5.41. The largest absolute Gasteiger partial charge is 0.386 e. The number of nitro groups is 1. The summed E-state index contributed by atoms with van der Waals surface area (Å²) in [6, 6.07) is 0. The van der Waals surface area contributed by atoms with Crippen LogP contribution in [0.3, 0.4) is 0 Å². The Balaban J connectivity index is 2.28. The van der Waals surface area contributed by atoms with Crippen molar-refractivity contribution in [1.29, 1.82) is 0 Å². The van der Waals surface area contributed by atoms with Gasteiger partial charge in [0.2, 0.25) is 12.5 Å². The summed E-state index contributed by atoms with van der Waals surface area (Å²) in [5.41, 5.74) is 0. The maximum atomic E-state index is 12.2. The lowest BCUT2D eigenvalue weighted by Crippen LogP contribution is -2.44. The summed E-state index contributed by atoms with van der Waals surface area (Å²) in [5, 5.41) is 18.9. The van der Waals surface area contributed by atoms with E-state index in [0.29, 0.717) is 0 Å². The summed E-state index contributed by atoms with van der Waals surface area (Å²) in [5.74, 6) is -3.33. The Morgan fingerprint density at radius 3 is 2.50 bits per heavy atom. The number of aliphatic hydroxyl groups excluding tert-OH is 1. The SMILES string of the molecule is O=[N+]([O-])CC(O)C1CC(F)(F)C1. The predicted octanol–water partition coefficient (Wildman–Crippen LogP) is 0.669. The first kappa shape index (κ1) is 9.31. The molecule has 0 spiro atoms. The molecule has 0 aromatic rings. The van der Waals surface area contributed by atoms with Crippen molar-refractivity contribution >= 4 is 0 Å². The van der Waals surface area contributed by atoms with Gasteiger partial charge in [-0.15, -0.1) is 0 Å². The maximum absolute atomic E-state index is 12.2. The average molecular weight is 181 g/mol. The zero-order chi connectivity index (χ0) is 9.35. The Kier molecular flexibility index (Phi) is 2.27. The van der Waals surface area contributed by atoms with Crippen molar-refractivity contribution in [3.63, 3.8) is 0 Å². The summed E-state index contributed by atoms with van der Waals surface area (Å²) >= 11 is 0. The minimum Gasteiger partial charge on any atom is -0.386 e. The van der Waals surface area contributed by atoms with Crippen molar-refractivity contribution in [1.82, 2.24) is 0 Å². The zero-order valence-electron chi connectivity index (χ0n) is 6.24. The molecule has 1 aliphatic carbocycles. The van der Waals surface area contributed by atoms with Crippen LogP contribution >= 0.6 is 0 Å². The molecule has 0 saturated heterocycles. The molecule has 0 amide bonds. The maximum Gasteiger partial charge on any atom is 0.248 e. The molecule has 0 aromatic carbocycles. The Morgan fingerprint density at radius 1 is 1.67 bits per heavy atom. The van der Waals surface area contributed by atoms with Gasteiger partial charge in [0.05, 0.1) is 0 Å². The molecule has 0 bridgehead atoms. The number of aliphatic hydroxyl groups is 1. The highest BCUT2D eigenvalue weighted by Gasteiger charge is 2.49. The van der Waals surface area contributed by atoms with Crippen molar-refractivity contribution < 1.29 is 18.8 Å². The molecule has 0 heterocycles. The molecule has 0 aromatic heterocycles. The fraction of sp³-hybridized carbons (Fsp3) is 1.00. The van der Waals surface area contributed by atoms with E-state index in [-0.39, 0.29) is 0 Å². The fourth-order valence-corrected chi connectivity index (χ4v) is 1.28. The third-order valence-electron chi connectivity index (χ3n) is 2.00. The van der Waals surface area contributed by atoms with Gasteiger partial charge in [-0.3, -0.25) is 10.1 Å². The van der Waals surface area contributed by atoms with E-state index in [0.717, 1.165) is 0 Å². The molecule has 1 unspecified atom stereocenters. The minimum absolute atomic E-state index is 0.429. The number of nitrogens with zero attached hydrogens (tertiary/aromatic N) is 1. The van der Waals surface area contributed by atoms with Gasteiger partial charge < -0.3 is 5.11 Å². The first-order valence-corrected chi connectivity index (χ1v) is 3.58. The van der Waals surface area contributed by atoms with Crippen LogP contribution in [0.2, 0.25) is 0 Å². The summed E-state index contributed by atoms with van der Waals surface area (Å²) in [6.07, 6.45) is -2.08. The highest BCUT2D eigenvalue weighted by Crippen LogP contribution is 2.43. The van der Waals surface area contributed by atoms with Crippen LogP contribution in [0.25, 0.3) is 0 Å². The van der Waals surface area contributed by atoms with E-state index in [2.05, 4.69) is 0 Å². The van der Waals surface area contributed by atoms with Crippen molar-refractivity contribution in [2.24, 2.45) is 5.92 Å². The molecule has 1 saturated carbocycles. The normalized spacial score (nSPS) is 24.6. The molecular formula is C6H9F2NO3. The summed E-state index contributed by atoms with van der Waals surface area (Å²) in [7, 11) is 0. The van der Waals surface area contributed by atoms with Gasteiger partial charge in [-0.05, 0) is 0 Å². The molecule has 1 rings (SSSR count). The van der Waals surface area contributed by atoms with Gasteiger partial charge in [-0.2, -0.15) is 0 Å². The number of rotatable bonds is 3. The predicted molar refractivity (Wildman–Crippen MR) is 35.5 cm³/mol. The van der Waals surface area contributed by atoms with Crippen molar-refractivity contribution in [3.8, 4) is 0 Å². The topological polar surface area (TPSA) is 63.4 Å². The Hall–Kier alpha value is -0.780. The Bertz CT molecular complexity index is 189. The molecule has 1 N–H and O–H groups in total. The quantitative estimate of drug-likeness (QED) is 0.514. The van der Waals surface area contributed by atoms with Crippen LogP contribution in [-0.2, 0) is 0 Å². The van der Waals surface area contributed by atoms with Crippen LogP contribution in [-0.4, -0.2) is 28.6 Å². The second kappa shape index (κ2) is 2.93. The van der Waals surface area contributed by atoms with Gasteiger partial charge in [0.25, 0.3) is 0 Å². The second-order valence-corrected chi connectivity index (χ2v) is 3.11. The highest BCUT2D eigenvalue weighted by molar-refractivity contribution is 4.89. The second-order valence-electron chi connectivity index (χ2n) is 3.11. The standard InChI is InChI=1S/C6H9F2NO3/c7-6(8)1-4(2-6)5(10)3-9(11)12/h4-5,10H,1-3H2. The van der Waals surface area contributed by atoms with Gasteiger partial charge >= 0.3 is 0 Å². The molecule has 1 aliphatic rings. The molecule has 1 fully saturated rings. The van der Waals surface area contributed by atoms with E-state index in [1.807, 2.05) is 0 Å². The van der Waals surface area contributed by atoms with Crippen LogP contribution in [0.4, 0.5) is 8.78 Å². The summed E-state index contributed by atoms with van der Waals surface area (Å²) < 4.78 is 24.4. The molecule has 0 aliphatic heterocycles. The summed E-state index contributed by atoms with van der Waals surface area (Å²) in [6.45, 7) is -0.638. The molecule has 0 radical (unpaired) electrons. The van der Waals surface area contributed by atoms with Gasteiger partial charge in [-0.1, -0.05) is 0 Å². The molecule has 4 nitrogen and oxygen atoms in total. The van der Waals surface area contributed by atoms with Gasteiger partial charge in [-0.25, -0.2) is 8.78 Å². The third kappa shape index (κ3) is 2.10. The Labute approximate surface area is 67.3 Å². The van der Waals surface area contributed by atoms with Crippen LogP contribution < -0.4 is 0 Å². The van der Waals surface area contributed by atoms with E-state index in [1.54, 1.807) is 0 Å². The highest BCUT2D eigenvalue weighted by atomic mass is 19.3. The number of hydrogen-bond acceptors (Lipinski definition) is 3. The van der Waals surface area contributed by atoms with Gasteiger partial charge in [0, 0.05) is 23.7 Å². The van der Waals surface area contributed by atoms with Crippen LogP contribution in [0.15, 0.2) is 0 Å². The van der Waals surface area contributed by atoms with Crippen molar-refractivity contribution in [2.45, 2.75) is 24.9 Å². The van der Waals surface area contributed by atoms with E-state index < -0.39 is 42.3 Å². The molecule has 12 heavy (non-hydrogen) atoms. The first-order valence-electron chi connectivity index (χ1n) is 3.58. The molecule has 1 atom stereocenters. The lowest BCUT2D eigenvalue weighted by molar-refractivity contribution is -0.494. The van der Waals surface area contributed by atoms with E-state index in [1.165, 1.54) is 0 Å². The van der Waals surface area contributed by atoms with Crippen LogP contribution in [0.1, 0.15) is 12.8 Å². The minimum atomic E-state index is -2.72. The third-order valence-corrected chi connectivity index (χ3v) is 2.00. The smallest absolute Gasteiger partial charge is 0.248 e. The van der Waals surface area contributed by atoms with Gasteiger partial charge in [0.1, 0.15) is 6.10 Å². The fourth-order valence-electron chi connectivity index (χ4n) is 1.28. The Morgan fingerprint density at radius 2 is 2.17 bits per heavy atom. The lowest BCUT2D eigenvalue weighted by atomic mass is 9.77. The van der Waals surface area contributed by atoms with Crippen LogP contribution in [0.5, 0.6) is 0 Å². The number of halogens is 2.